The fourth-order valence-electron chi connectivity index (χ4n) is 5.18. The van der Waals surface area contributed by atoms with Crippen LogP contribution < -0.4 is 15.6 Å². The fraction of sp³-hybridized carbons (Fsp3) is 0.545. The first-order valence-corrected chi connectivity index (χ1v) is 12.2. The second-order valence-corrected chi connectivity index (χ2v) is 10.5. The minimum absolute atomic E-state index is 0.0231. The molecule has 2 N–H and O–H groups in total. The number of anilines is 1. The number of aromatic nitrogens is 1. The first-order valence-electron chi connectivity index (χ1n) is 11.1. The Morgan fingerprint density at radius 3 is 2.97 bits per heavy atom. The van der Waals surface area contributed by atoms with Crippen molar-refractivity contribution in [2.45, 2.75) is 19.5 Å². The molecule has 9 nitrogen and oxygen atoms in total. The van der Waals surface area contributed by atoms with Gasteiger partial charge < -0.3 is 20.1 Å². The predicted octanol–water partition coefficient (Wildman–Crippen LogP) is 0.239. The number of nitrogens with zero attached hydrogens (tertiary/aromatic N) is 5. The van der Waals surface area contributed by atoms with E-state index in [2.05, 4.69) is 31.7 Å². The Morgan fingerprint density at radius 1 is 1.38 bits per heavy atom. The number of nitrogens with one attached hydrogen (secondary N) is 2. The summed E-state index contributed by atoms with van der Waals surface area (Å²) in [5.41, 5.74) is 6.53. The molecule has 0 spiro atoms. The summed E-state index contributed by atoms with van der Waals surface area (Å²) in [4.78, 5) is 22.5. The molecule has 1 aromatic rings. The highest BCUT2D eigenvalue weighted by molar-refractivity contribution is 7.86. The zero-order valence-corrected chi connectivity index (χ0v) is 19.9. The molecule has 0 aromatic carbocycles. The Morgan fingerprint density at radius 2 is 2.19 bits per heavy atom. The van der Waals surface area contributed by atoms with Gasteiger partial charge in [-0.1, -0.05) is 6.07 Å². The maximum absolute atomic E-state index is 13.6. The van der Waals surface area contributed by atoms with E-state index in [9.17, 15) is 9.00 Å². The van der Waals surface area contributed by atoms with Crippen LogP contribution in [-0.2, 0) is 22.3 Å². The number of pyridine rings is 1. The number of hydrogen-bond acceptors (Lipinski definition) is 7. The number of hydrogen-bond donors (Lipinski definition) is 2. The van der Waals surface area contributed by atoms with Gasteiger partial charge in [0.25, 0.3) is 0 Å². The van der Waals surface area contributed by atoms with E-state index < -0.39 is 11.0 Å². The predicted molar refractivity (Wildman–Crippen MR) is 124 cm³/mol. The van der Waals surface area contributed by atoms with Crippen molar-refractivity contribution in [2.24, 2.45) is 11.8 Å². The molecular formula is C22H31N7O2S. The van der Waals surface area contributed by atoms with Crippen LogP contribution in [0.15, 0.2) is 40.7 Å². The number of hydrazine groups is 1. The minimum atomic E-state index is -1.24. The number of carbonyl (C=O) groups excluding carboxylic acids is 1. The number of rotatable bonds is 6. The molecule has 0 radical (unpaired) electrons. The molecule has 10 heteroatoms. The van der Waals surface area contributed by atoms with Crippen LogP contribution in [0, 0.1) is 11.8 Å². The average Bonchev–Trinajstić information content (AvgIpc) is 3.21. The van der Waals surface area contributed by atoms with Gasteiger partial charge in [-0.3, -0.25) is 4.79 Å². The van der Waals surface area contributed by atoms with Gasteiger partial charge in [-0.2, -0.15) is 0 Å². The second-order valence-electron chi connectivity index (χ2n) is 9.02. The molecule has 1 aromatic heterocycles. The molecule has 0 bridgehead atoms. The number of allylic oxidation sites excluding steroid dienone is 1. The Balaban J connectivity index is 1.27. The summed E-state index contributed by atoms with van der Waals surface area (Å²) >= 11 is 0. The van der Waals surface area contributed by atoms with Gasteiger partial charge in [0.15, 0.2) is 0 Å². The lowest BCUT2D eigenvalue weighted by atomic mass is 10.2. The summed E-state index contributed by atoms with van der Waals surface area (Å²) in [5, 5.41) is 5.24. The summed E-state index contributed by atoms with van der Waals surface area (Å²) in [6, 6.07) is 3.97. The van der Waals surface area contributed by atoms with Crippen molar-refractivity contribution in [3.05, 3.63) is 46.3 Å². The van der Waals surface area contributed by atoms with Crippen LogP contribution in [0.2, 0.25) is 0 Å². The van der Waals surface area contributed by atoms with Crippen molar-refractivity contribution >= 4 is 22.7 Å². The number of piperazine rings is 1. The third-order valence-electron chi connectivity index (χ3n) is 6.96. The van der Waals surface area contributed by atoms with Crippen LogP contribution in [-0.4, -0.2) is 82.7 Å². The maximum Gasteiger partial charge on any atom is 0.226 e. The molecular weight excluding hydrogens is 426 g/mol. The van der Waals surface area contributed by atoms with Gasteiger partial charge in [0.1, 0.15) is 16.8 Å². The van der Waals surface area contributed by atoms with Crippen LogP contribution in [0.4, 0.5) is 5.82 Å². The largest absolute Gasteiger partial charge is 0.373 e. The van der Waals surface area contributed by atoms with E-state index in [4.69, 9.17) is 0 Å². The fourth-order valence-corrected chi connectivity index (χ4v) is 6.87. The monoisotopic (exact) mass is 457 g/mol. The SMILES string of the molecule is CC1=C(S(=O)N2CCN3NCC=C3C2)C2C(C(=O)NCc3cccnc3N(C)C)C2N1C. The van der Waals surface area contributed by atoms with E-state index in [1.54, 1.807) is 6.20 Å². The van der Waals surface area contributed by atoms with Crippen molar-refractivity contribution in [2.75, 3.05) is 52.2 Å². The third kappa shape index (κ3) is 3.50. The molecule has 5 rings (SSSR count). The highest BCUT2D eigenvalue weighted by Crippen LogP contribution is 2.56. The lowest BCUT2D eigenvalue weighted by molar-refractivity contribution is -0.123. The van der Waals surface area contributed by atoms with Gasteiger partial charge in [-0.05, 0) is 19.1 Å². The van der Waals surface area contributed by atoms with Crippen molar-refractivity contribution in [3.8, 4) is 0 Å². The lowest BCUT2D eigenvalue weighted by Crippen LogP contribution is -2.48. The van der Waals surface area contributed by atoms with Crippen LogP contribution >= 0.6 is 0 Å². The van der Waals surface area contributed by atoms with Gasteiger partial charge in [0.2, 0.25) is 5.91 Å². The summed E-state index contributed by atoms with van der Waals surface area (Å²) in [6.07, 6.45) is 3.91. The van der Waals surface area contributed by atoms with Crippen molar-refractivity contribution in [1.82, 2.24) is 29.9 Å². The van der Waals surface area contributed by atoms with Crippen LogP contribution in [0.5, 0.6) is 0 Å². The minimum Gasteiger partial charge on any atom is -0.373 e. The second kappa shape index (κ2) is 8.17. The molecule has 1 saturated heterocycles. The molecule has 2 fully saturated rings. The average molecular weight is 458 g/mol. The molecule has 4 heterocycles. The maximum atomic E-state index is 13.6. The standard InChI is InChI=1S/C22H31N7O2S/c1-14-20(32(31)28-10-11-29-16(13-28)7-9-25-29)17-18(19(17)27(14)4)22(30)24-12-15-6-5-8-23-21(15)26(2)3/h5-8,17-19,25H,9-13H2,1-4H3,(H,24,30). The summed E-state index contributed by atoms with van der Waals surface area (Å²) in [7, 11) is 4.66. The van der Waals surface area contributed by atoms with Gasteiger partial charge in [-0.25, -0.2) is 18.9 Å². The Hall–Kier alpha value is -2.43. The number of fused-ring (bicyclic) bond motifs is 2. The first-order chi connectivity index (χ1) is 15.4. The highest BCUT2D eigenvalue weighted by atomic mass is 32.2. The van der Waals surface area contributed by atoms with E-state index in [1.807, 2.05) is 49.4 Å². The Kier molecular flexibility index (Phi) is 5.47. The van der Waals surface area contributed by atoms with Gasteiger partial charge in [-0.15, -0.1) is 0 Å². The smallest absolute Gasteiger partial charge is 0.226 e. The van der Waals surface area contributed by atoms with Crippen LogP contribution in [0.25, 0.3) is 0 Å². The van der Waals surface area contributed by atoms with Crippen LogP contribution in [0.1, 0.15) is 12.5 Å². The number of amides is 1. The van der Waals surface area contributed by atoms with E-state index >= 15 is 0 Å². The van der Waals surface area contributed by atoms with Gasteiger partial charge >= 0.3 is 0 Å². The normalized spacial score (nSPS) is 27.8. The Labute approximate surface area is 191 Å². The molecule has 1 amide bonds. The summed E-state index contributed by atoms with van der Waals surface area (Å²) in [5.74, 6) is 0.746. The topological polar surface area (TPSA) is 84.0 Å². The number of carbonyl (C=O) groups is 1. The quantitative estimate of drug-likeness (QED) is 0.633. The van der Waals surface area contributed by atoms with E-state index in [0.29, 0.717) is 13.1 Å². The van der Waals surface area contributed by atoms with Crippen molar-refractivity contribution in [1.29, 1.82) is 0 Å². The zero-order chi connectivity index (χ0) is 22.6. The Bertz CT molecular complexity index is 1020. The summed E-state index contributed by atoms with van der Waals surface area (Å²) < 4.78 is 15.6. The molecule has 4 unspecified atom stereocenters. The molecule has 172 valence electrons. The van der Waals surface area contributed by atoms with Crippen molar-refractivity contribution < 1.29 is 9.00 Å². The highest BCUT2D eigenvalue weighted by Gasteiger charge is 2.64. The van der Waals surface area contributed by atoms with Gasteiger partial charge in [0, 0.05) is 82.4 Å². The molecule has 1 saturated carbocycles. The molecule has 4 atom stereocenters. The first kappa shape index (κ1) is 21.4. The van der Waals surface area contributed by atoms with E-state index in [-0.39, 0.29) is 23.8 Å². The van der Waals surface area contributed by atoms with Crippen molar-refractivity contribution in [3.63, 3.8) is 0 Å². The molecule has 3 aliphatic heterocycles. The van der Waals surface area contributed by atoms with E-state index in [1.165, 1.54) is 5.70 Å². The third-order valence-corrected chi connectivity index (χ3v) is 8.69. The molecule has 32 heavy (non-hydrogen) atoms. The molecule has 4 aliphatic rings. The van der Waals surface area contributed by atoms with E-state index in [0.717, 1.165) is 41.6 Å². The molecule has 1 aliphatic carbocycles. The lowest BCUT2D eigenvalue weighted by Gasteiger charge is -2.34. The summed E-state index contributed by atoms with van der Waals surface area (Å²) in [6.45, 7) is 5.52. The van der Waals surface area contributed by atoms with Gasteiger partial charge in [0.05, 0.1) is 17.4 Å². The van der Waals surface area contributed by atoms with Crippen LogP contribution in [0.3, 0.4) is 0 Å². The zero-order valence-electron chi connectivity index (χ0n) is 19.0.